The van der Waals surface area contributed by atoms with Crippen LogP contribution in [0, 0.1) is 6.92 Å². The van der Waals surface area contributed by atoms with Crippen LogP contribution in [0.15, 0.2) is 10.6 Å². The van der Waals surface area contributed by atoms with Crippen LogP contribution in [0.2, 0.25) is 0 Å². The molecule has 2 rings (SSSR count). The van der Waals surface area contributed by atoms with Crippen molar-refractivity contribution < 1.29 is 9.63 Å². The minimum absolute atomic E-state index is 0.494. The Hall–Kier alpha value is -0.870. The van der Waals surface area contributed by atoms with Gasteiger partial charge in [-0.1, -0.05) is 24.4 Å². The van der Waals surface area contributed by atoms with Crippen LogP contribution in [-0.4, -0.2) is 34.4 Å². The number of aliphatic hydroxyl groups is 1. The summed E-state index contributed by atoms with van der Waals surface area (Å²) in [7, 11) is 2.02. The summed E-state index contributed by atoms with van der Waals surface area (Å²) < 4.78 is 5.04. The summed E-state index contributed by atoms with van der Waals surface area (Å²) in [6.45, 7) is 3.35. The predicted octanol–water partition coefficient (Wildman–Crippen LogP) is 2.11. The topological polar surface area (TPSA) is 49.5 Å². The SMILES string of the molecule is Cc1cc(CN(C)CC2(O)CCCCC2)no1. The van der Waals surface area contributed by atoms with Crippen molar-refractivity contribution in [2.24, 2.45) is 0 Å². The van der Waals surface area contributed by atoms with Gasteiger partial charge in [-0.2, -0.15) is 0 Å². The molecule has 0 aromatic carbocycles. The first kappa shape index (κ1) is 12.6. The minimum Gasteiger partial charge on any atom is -0.389 e. The van der Waals surface area contributed by atoms with E-state index in [4.69, 9.17) is 4.52 Å². The number of likely N-dealkylation sites (N-methyl/N-ethyl adjacent to an activating group) is 1. The first-order valence-electron chi connectivity index (χ1n) is 6.41. The van der Waals surface area contributed by atoms with E-state index < -0.39 is 5.60 Å². The molecule has 1 saturated carbocycles. The molecule has 0 amide bonds. The molecule has 17 heavy (non-hydrogen) atoms. The Morgan fingerprint density at radius 1 is 1.41 bits per heavy atom. The van der Waals surface area contributed by atoms with Crippen molar-refractivity contribution in [3.8, 4) is 0 Å². The summed E-state index contributed by atoms with van der Waals surface area (Å²) in [6, 6.07) is 1.95. The Kier molecular flexibility index (Phi) is 3.84. The zero-order chi connectivity index (χ0) is 12.3. The maximum atomic E-state index is 10.4. The number of hydrogen-bond acceptors (Lipinski definition) is 4. The summed E-state index contributed by atoms with van der Waals surface area (Å²) in [5.41, 5.74) is 0.440. The average molecular weight is 238 g/mol. The van der Waals surface area contributed by atoms with E-state index in [9.17, 15) is 5.11 Å². The van der Waals surface area contributed by atoms with Gasteiger partial charge >= 0.3 is 0 Å². The molecule has 1 fully saturated rings. The first-order chi connectivity index (χ1) is 8.07. The normalized spacial score (nSPS) is 19.8. The van der Waals surface area contributed by atoms with Crippen molar-refractivity contribution in [1.82, 2.24) is 10.1 Å². The number of nitrogens with zero attached hydrogens (tertiary/aromatic N) is 2. The van der Waals surface area contributed by atoms with Crippen LogP contribution < -0.4 is 0 Å². The zero-order valence-corrected chi connectivity index (χ0v) is 10.8. The Labute approximate surface area is 103 Å². The van der Waals surface area contributed by atoms with E-state index in [-0.39, 0.29) is 0 Å². The number of hydrogen-bond donors (Lipinski definition) is 1. The van der Waals surface area contributed by atoms with Gasteiger partial charge in [0.25, 0.3) is 0 Å². The van der Waals surface area contributed by atoms with E-state index in [0.29, 0.717) is 0 Å². The maximum absolute atomic E-state index is 10.4. The largest absolute Gasteiger partial charge is 0.389 e. The van der Waals surface area contributed by atoms with E-state index in [2.05, 4.69) is 10.1 Å². The van der Waals surface area contributed by atoms with Gasteiger partial charge in [0.1, 0.15) is 5.76 Å². The lowest BCUT2D eigenvalue weighted by Crippen LogP contribution is -2.42. The molecule has 1 aliphatic rings. The molecule has 0 atom stereocenters. The molecule has 1 N–H and O–H groups in total. The van der Waals surface area contributed by atoms with Gasteiger partial charge in [0.15, 0.2) is 0 Å². The minimum atomic E-state index is -0.494. The van der Waals surface area contributed by atoms with Crippen LogP contribution in [0.3, 0.4) is 0 Å². The Bertz CT molecular complexity index is 356. The molecule has 0 aliphatic heterocycles. The maximum Gasteiger partial charge on any atom is 0.133 e. The van der Waals surface area contributed by atoms with Crippen molar-refractivity contribution in [2.45, 2.75) is 51.2 Å². The van der Waals surface area contributed by atoms with Crippen LogP contribution >= 0.6 is 0 Å². The molecule has 1 aromatic heterocycles. The Balaban J connectivity index is 1.85. The van der Waals surface area contributed by atoms with Crippen LogP contribution in [0.1, 0.15) is 43.6 Å². The first-order valence-corrected chi connectivity index (χ1v) is 6.41. The summed E-state index contributed by atoms with van der Waals surface area (Å²) in [5.74, 6) is 0.838. The Morgan fingerprint density at radius 3 is 2.71 bits per heavy atom. The molecular weight excluding hydrogens is 216 g/mol. The van der Waals surface area contributed by atoms with Gasteiger partial charge in [0, 0.05) is 19.2 Å². The molecule has 0 spiro atoms. The second-order valence-electron chi connectivity index (χ2n) is 5.39. The van der Waals surface area contributed by atoms with E-state index in [1.807, 2.05) is 20.0 Å². The quantitative estimate of drug-likeness (QED) is 0.872. The van der Waals surface area contributed by atoms with Gasteiger partial charge < -0.3 is 9.63 Å². The molecule has 1 heterocycles. The van der Waals surface area contributed by atoms with Gasteiger partial charge in [-0.05, 0) is 26.8 Å². The molecule has 0 saturated heterocycles. The third-order valence-corrected chi connectivity index (χ3v) is 3.46. The van der Waals surface area contributed by atoms with Crippen molar-refractivity contribution in [2.75, 3.05) is 13.6 Å². The molecule has 1 aromatic rings. The Morgan fingerprint density at radius 2 is 2.12 bits per heavy atom. The van der Waals surface area contributed by atoms with Gasteiger partial charge in [0.2, 0.25) is 0 Å². The van der Waals surface area contributed by atoms with Crippen molar-refractivity contribution >= 4 is 0 Å². The second kappa shape index (κ2) is 5.19. The summed E-state index contributed by atoms with van der Waals surface area (Å²) in [4.78, 5) is 2.13. The lowest BCUT2D eigenvalue weighted by Gasteiger charge is -2.35. The highest BCUT2D eigenvalue weighted by molar-refractivity contribution is 5.03. The summed E-state index contributed by atoms with van der Waals surface area (Å²) in [6.07, 6.45) is 5.40. The van der Waals surface area contributed by atoms with Crippen LogP contribution in [0.4, 0.5) is 0 Å². The van der Waals surface area contributed by atoms with E-state index in [1.165, 1.54) is 6.42 Å². The standard InChI is InChI=1S/C13H22N2O2/c1-11-8-12(14-17-11)9-15(2)10-13(16)6-4-3-5-7-13/h8,16H,3-7,9-10H2,1-2H3. The fraction of sp³-hybridized carbons (Fsp3) is 0.769. The third-order valence-electron chi connectivity index (χ3n) is 3.46. The molecule has 0 unspecified atom stereocenters. The smallest absolute Gasteiger partial charge is 0.133 e. The van der Waals surface area contributed by atoms with Crippen molar-refractivity contribution in [3.05, 3.63) is 17.5 Å². The molecule has 1 aliphatic carbocycles. The molecule has 4 nitrogen and oxygen atoms in total. The molecule has 0 bridgehead atoms. The monoisotopic (exact) mass is 238 g/mol. The summed E-state index contributed by atoms with van der Waals surface area (Å²) >= 11 is 0. The molecule has 0 radical (unpaired) electrons. The highest BCUT2D eigenvalue weighted by Crippen LogP contribution is 2.28. The fourth-order valence-electron chi connectivity index (χ4n) is 2.70. The summed E-state index contributed by atoms with van der Waals surface area (Å²) in [5, 5.41) is 14.4. The third kappa shape index (κ3) is 3.54. The number of rotatable bonds is 4. The van der Waals surface area contributed by atoms with E-state index >= 15 is 0 Å². The van der Waals surface area contributed by atoms with Gasteiger partial charge in [-0.15, -0.1) is 0 Å². The second-order valence-corrected chi connectivity index (χ2v) is 5.39. The van der Waals surface area contributed by atoms with Crippen LogP contribution in [0.25, 0.3) is 0 Å². The van der Waals surface area contributed by atoms with Gasteiger partial charge in [0.05, 0.1) is 11.3 Å². The van der Waals surface area contributed by atoms with Gasteiger partial charge in [-0.25, -0.2) is 0 Å². The molecule has 4 heteroatoms. The lowest BCUT2D eigenvalue weighted by atomic mass is 9.84. The molecule has 96 valence electrons. The number of aromatic nitrogens is 1. The van der Waals surface area contributed by atoms with Crippen LogP contribution in [0.5, 0.6) is 0 Å². The van der Waals surface area contributed by atoms with E-state index in [0.717, 1.165) is 50.2 Å². The van der Waals surface area contributed by atoms with Gasteiger partial charge in [-0.3, -0.25) is 4.90 Å². The highest BCUT2D eigenvalue weighted by Gasteiger charge is 2.30. The average Bonchev–Trinajstić information content (AvgIpc) is 2.63. The van der Waals surface area contributed by atoms with Crippen LogP contribution in [-0.2, 0) is 6.54 Å². The lowest BCUT2D eigenvalue weighted by molar-refractivity contribution is -0.0226. The molecular formula is C13H22N2O2. The predicted molar refractivity (Wildman–Crippen MR) is 65.6 cm³/mol. The zero-order valence-electron chi connectivity index (χ0n) is 10.8. The van der Waals surface area contributed by atoms with Crippen molar-refractivity contribution in [1.29, 1.82) is 0 Å². The van der Waals surface area contributed by atoms with E-state index in [1.54, 1.807) is 0 Å². The van der Waals surface area contributed by atoms with Crippen molar-refractivity contribution in [3.63, 3.8) is 0 Å². The fourth-order valence-corrected chi connectivity index (χ4v) is 2.70. The number of aryl methyl sites for hydroxylation is 1. The highest BCUT2D eigenvalue weighted by atomic mass is 16.5.